The second-order valence-electron chi connectivity index (χ2n) is 6.13. The molecule has 8 heteroatoms. The topological polar surface area (TPSA) is 105 Å². The Balaban J connectivity index is 1.73. The first kappa shape index (κ1) is 15.5. The Morgan fingerprint density at radius 2 is 1.74 bits per heavy atom. The fourth-order valence-electron chi connectivity index (χ4n) is 3.51. The normalized spacial score (nSPS) is 18.6. The van der Waals surface area contributed by atoms with Gasteiger partial charge in [-0.3, -0.25) is 0 Å². The zero-order valence-corrected chi connectivity index (χ0v) is 14.3. The van der Waals surface area contributed by atoms with Gasteiger partial charge < -0.3 is 34.2 Å². The highest BCUT2D eigenvalue weighted by molar-refractivity contribution is 5.64. The van der Waals surface area contributed by atoms with E-state index in [1.54, 1.807) is 13.2 Å². The van der Waals surface area contributed by atoms with Gasteiger partial charge in [0.05, 0.1) is 13.0 Å². The number of allylic oxidation sites excluding steroid dienone is 1. The van der Waals surface area contributed by atoms with E-state index in [2.05, 4.69) is 6.07 Å². The number of ether oxygens (including phenoxy) is 6. The summed E-state index contributed by atoms with van der Waals surface area (Å²) in [6.45, 7) is 0.246. The Morgan fingerprint density at radius 1 is 1.00 bits per heavy atom. The SMILES string of the molecule is COc1cc([C@@H]2C(C#N)=C(N)Oc3cc4c(cc32)OCO4)cc2c1OCO2. The number of rotatable bonds is 2. The zero-order valence-electron chi connectivity index (χ0n) is 14.3. The molecule has 0 aromatic heterocycles. The summed E-state index contributed by atoms with van der Waals surface area (Å²) in [6.07, 6.45) is 0. The lowest BCUT2D eigenvalue weighted by atomic mass is 9.83. The molecule has 0 unspecified atom stereocenters. The molecule has 1 atom stereocenters. The lowest BCUT2D eigenvalue weighted by Gasteiger charge is -2.27. The van der Waals surface area contributed by atoms with Gasteiger partial charge in [0.1, 0.15) is 17.4 Å². The second kappa shape index (κ2) is 5.64. The fraction of sp³-hybridized carbons (Fsp3) is 0.211. The summed E-state index contributed by atoms with van der Waals surface area (Å²) in [5.41, 5.74) is 7.83. The molecule has 3 aliphatic rings. The van der Waals surface area contributed by atoms with Gasteiger partial charge in [0, 0.05) is 11.6 Å². The molecule has 3 heterocycles. The summed E-state index contributed by atoms with van der Waals surface area (Å²) in [5, 5.41) is 9.72. The van der Waals surface area contributed by atoms with Crippen LogP contribution in [0, 0.1) is 11.3 Å². The predicted molar refractivity (Wildman–Crippen MR) is 91.0 cm³/mol. The van der Waals surface area contributed by atoms with E-state index in [4.69, 9.17) is 34.2 Å². The fourth-order valence-corrected chi connectivity index (χ4v) is 3.51. The van der Waals surface area contributed by atoms with Gasteiger partial charge in [0.25, 0.3) is 0 Å². The highest BCUT2D eigenvalue weighted by atomic mass is 16.7. The smallest absolute Gasteiger partial charge is 0.231 e. The number of fused-ring (bicyclic) bond motifs is 3. The number of methoxy groups -OCH3 is 1. The molecule has 136 valence electrons. The monoisotopic (exact) mass is 366 g/mol. The minimum Gasteiger partial charge on any atom is -0.493 e. The number of nitrogens with zero attached hydrogens (tertiary/aromatic N) is 1. The van der Waals surface area contributed by atoms with Crippen LogP contribution in [0.5, 0.6) is 34.5 Å². The lowest BCUT2D eigenvalue weighted by molar-refractivity contribution is 0.171. The highest BCUT2D eigenvalue weighted by Gasteiger charge is 2.35. The van der Waals surface area contributed by atoms with Crippen molar-refractivity contribution in [1.29, 1.82) is 5.26 Å². The third-order valence-electron chi connectivity index (χ3n) is 4.72. The van der Waals surface area contributed by atoms with Crippen LogP contribution >= 0.6 is 0 Å². The number of hydrogen-bond donors (Lipinski definition) is 1. The van der Waals surface area contributed by atoms with Gasteiger partial charge in [-0.05, 0) is 23.8 Å². The van der Waals surface area contributed by atoms with Gasteiger partial charge in [-0.1, -0.05) is 0 Å². The summed E-state index contributed by atoms with van der Waals surface area (Å²) in [4.78, 5) is 0. The molecule has 2 aromatic carbocycles. The Morgan fingerprint density at radius 3 is 2.52 bits per heavy atom. The van der Waals surface area contributed by atoms with Crippen LogP contribution in [-0.2, 0) is 0 Å². The maximum atomic E-state index is 9.72. The molecule has 8 nitrogen and oxygen atoms in total. The van der Waals surface area contributed by atoms with Crippen LogP contribution in [0.15, 0.2) is 35.7 Å². The Bertz CT molecular complexity index is 1040. The van der Waals surface area contributed by atoms with E-state index in [-0.39, 0.29) is 19.5 Å². The molecule has 0 bridgehead atoms. The zero-order chi connectivity index (χ0) is 18.5. The minimum absolute atomic E-state index is 0.0468. The van der Waals surface area contributed by atoms with Crippen LogP contribution < -0.4 is 34.2 Å². The summed E-state index contributed by atoms with van der Waals surface area (Å²) in [5.74, 6) is 2.85. The first-order valence-electron chi connectivity index (χ1n) is 8.18. The molecule has 5 rings (SSSR count). The van der Waals surface area contributed by atoms with E-state index in [9.17, 15) is 5.26 Å². The first-order valence-corrected chi connectivity index (χ1v) is 8.18. The van der Waals surface area contributed by atoms with Crippen molar-refractivity contribution in [3.05, 3.63) is 46.8 Å². The van der Waals surface area contributed by atoms with Crippen molar-refractivity contribution >= 4 is 0 Å². The van der Waals surface area contributed by atoms with Crippen molar-refractivity contribution in [2.45, 2.75) is 5.92 Å². The minimum atomic E-state index is -0.475. The van der Waals surface area contributed by atoms with Gasteiger partial charge in [0.2, 0.25) is 25.2 Å². The van der Waals surface area contributed by atoms with Crippen LogP contribution in [0.1, 0.15) is 17.0 Å². The van der Waals surface area contributed by atoms with Gasteiger partial charge in [0.15, 0.2) is 23.0 Å². The van der Waals surface area contributed by atoms with Gasteiger partial charge in [-0.25, -0.2) is 0 Å². The van der Waals surface area contributed by atoms with Crippen LogP contribution in [0.2, 0.25) is 0 Å². The summed E-state index contributed by atoms with van der Waals surface area (Å²) in [6, 6.07) is 9.31. The van der Waals surface area contributed by atoms with Gasteiger partial charge in [-0.15, -0.1) is 0 Å². The van der Waals surface area contributed by atoms with Crippen molar-refractivity contribution in [2.24, 2.45) is 5.73 Å². The maximum Gasteiger partial charge on any atom is 0.231 e. The quantitative estimate of drug-likeness (QED) is 0.864. The van der Waals surface area contributed by atoms with Crippen molar-refractivity contribution in [3.63, 3.8) is 0 Å². The Labute approximate surface area is 154 Å². The highest BCUT2D eigenvalue weighted by Crippen LogP contribution is 2.51. The molecule has 27 heavy (non-hydrogen) atoms. The lowest BCUT2D eigenvalue weighted by Crippen LogP contribution is -2.21. The summed E-state index contributed by atoms with van der Waals surface area (Å²) >= 11 is 0. The van der Waals surface area contributed by atoms with Crippen LogP contribution in [0.4, 0.5) is 0 Å². The van der Waals surface area contributed by atoms with Gasteiger partial charge in [-0.2, -0.15) is 5.26 Å². The third kappa shape index (κ3) is 2.22. The molecule has 2 N–H and O–H groups in total. The van der Waals surface area contributed by atoms with E-state index in [0.717, 1.165) is 11.1 Å². The van der Waals surface area contributed by atoms with E-state index in [1.165, 1.54) is 0 Å². The number of benzene rings is 2. The molecule has 0 saturated carbocycles. The molecule has 3 aliphatic heterocycles. The van der Waals surface area contributed by atoms with E-state index < -0.39 is 5.92 Å². The molecule has 0 fully saturated rings. The van der Waals surface area contributed by atoms with E-state index in [0.29, 0.717) is 40.1 Å². The molecule has 0 amide bonds. The van der Waals surface area contributed by atoms with Crippen LogP contribution in [0.3, 0.4) is 0 Å². The Kier molecular flexibility index (Phi) is 3.24. The number of nitrogens with two attached hydrogens (primary N) is 1. The van der Waals surface area contributed by atoms with E-state index >= 15 is 0 Å². The molecule has 0 spiro atoms. The Hall–Kier alpha value is -3.73. The molecule has 2 aromatic rings. The molecule has 0 saturated heterocycles. The average molecular weight is 366 g/mol. The van der Waals surface area contributed by atoms with Crippen molar-refractivity contribution in [3.8, 4) is 40.6 Å². The van der Waals surface area contributed by atoms with Crippen molar-refractivity contribution in [2.75, 3.05) is 20.7 Å². The largest absolute Gasteiger partial charge is 0.493 e. The number of nitriles is 1. The van der Waals surface area contributed by atoms with Crippen LogP contribution in [-0.4, -0.2) is 20.7 Å². The maximum absolute atomic E-state index is 9.72. The number of hydrogen-bond acceptors (Lipinski definition) is 8. The molecule has 0 aliphatic carbocycles. The van der Waals surface area contributed by atoms with E-state index in [1.807, 2.05) is 18.2 Å². The second-order valence-corrected chi connectivity index (χ2v) is 6.13. The predicted octanol–water partition coefficient (Wildman–Crippen LogP) is 2.37. The van der Waals surface area contributed by atoms with Crippen LogP contribution in [0.25, 0.3) is 0 Å². The molecule has 0 radical (unpaired) electrons. The first-order chi connectivity index (χ1) is 13.2. The molecular weight excluding hydrogens is 352 g/mol. The summed E-state index contributed by atoms with van der Waals surface area (Å²) in [7, 11) is 1.55. The third-order valence-corrected chi connectivity index (χ3v) is 4.72. The standard InChI is InChI=1S/C19H14N2O6/c1-22-15-2-9(3-16-18(15)26-8-25-16)17-10-4-13-14(24-7-23-13)5-12(10)27-19(21)11(17)6-20/h2-5,17H,7-8,21H2,1H3/t17-/m0/s1. The van der Waals surface area contributed by atoms with Crippen molar-refractivity contribution in [1.82, 2.24) is 0 Å². The molecular formula is C19H14N2O6. The summed E-state index contributed by atoms with van der Waals surface area (Å²) < 4.78 is 33.0. The average Bonchev–Trinajstić information content (AvgIpc) is 3.33. The van der Waals surface area contributed by atoms with Gasteiger partial charge >= 0.3 is 0 Å². The van der Waals surface area contributed by atoms with Crippen molar-refractivity contribution < 1.29 is 28.4 Å².